The molecule has 2 rings (SSSR count). The molecule has 0 aromatic heterocycles. The molecule has 1 aliphatic rings. The van der Waals surface area contributed by atoms with Crippen molar-refractivity contribution in [2.45, 2.75) is 57.0 Å². The Labute approximate surface area is 164 Å². The molecule has 0 saturated carbocycles. The minimum absolute atomic E-state index is 0.00244. The smallest absolute Gasteiger partial charge is 0.331 e. The fourth-order valence-electron chi connectivity index (χ4n) is 3.54. The molecule has 0 saturated heterocycles. The second-order valence-electron chi connectivity index (χ2n) is 7.66. The molecule has 1 aromatic carbocycles. The van der Waals surface area contributed by atoms with Gasteiger partial charge < -0.3 is 5.11 Å². The number of rotatable bonds is 8. The van der Waals surface area contributed by atoms with E-state index in [2.05, 4.69) is 4.72 Å². The molecule has 1 aliphatic carbocycles. The Balaban J connectivity index is 2.35. The highest BCUT2D eigenvalue weighted by molar-refractivity contribution is 7.89. The number of nitro groups is 1. The average Bonchev–Trinajstić information content (AvgIpc) is 2.60. The van der Waals surface area contributed by atoms with Crippen LogP contribution in [0.2, 0.25) is 0 Å². The van der Waals surface area contributed by atoms with Gasteiger partial charge in [-0.3, -0.25) is 10.1 Å². The molecule has 28 heavy (non-hydrogen) atoms. The summed E-state index contributed by atoms with van der Waals surface area (Å²) in [4.78, 5) is 22.4. The Morgan fingerprint density at radius 1 is 1.32 bits per heavy atom. The molecule has 0 amide bonds. The number of aliphatic carboxylic acids is 1. The van der Waals surface area contributed by atoms with E-state index >= 15 is 0 Å². The van der Waals surface area contributed by atoms with E-state index in [9.17, 15) is 23.3 Å². The molecule has 0 unspecified atom stereocenters. The first-order valence-electron chi connectivity index (χ1n) is 9.16. The van der Waals surface area contributed by atoms with Crippen LogP contribution in [0.4, 0.5) is 0 Å². The van der Waals surface area contributed by atoms with Crippen LogP contribution < -0.4 is 4.72 Å². The largest absolute Gasteiger partial charge is 0.478 e. The van der Waals surface area contributed by atoms with Gasteiger partial charge in [-0.2, -0.15) is 0 Å². The summed E-state index contributed by atoms with van der Waals surface area (Å²) < 4.78 is 28.3. The lowest BCUT2D eigenvalue weighted by Crippen LogP contribution is -2.48. The molecule has 0 radical (unpaired) electrons. The van der Waals surface area contributed by atoms with Crippen LogP contribution in [0.3, 0.4) is 0 Å². The lowest BCUT2D eigenvalue weighted by atomic mass is 9.78. The zero-order valence-electron chi connectivity index (χ0n) is 16.2. The highest BCUT2D eigenvalue weighted by Crippen LogP contribution is 2.32. The number of nitrogens with zero attached hydrogens (tertiary/aromatic N) is 1. The Hall–Kier alpha value is -2.26. The maximum atomic E-state index is 12.8. The third-order valence-electron chi connectivity index (χ3n) is 4.99. The minimum Gasteiger partial charge on any atom is -0.478 e. The highest BCUT2D eigenvalue weighted by Gasteiger charge is 2.42. The molecule has 154 valence electrons. The van der Waals surface area contributed by atoms with Gasteiger partial charge in [0.05, 0.1) is 4.90 Å². The Bertz CT molecular complexity index is 861. The Morgan fingerprint density at radius 3 is 2.43 bits per heavy atom. The van der Waals surface area contributed by atoms with Crippen molar-refractivity contribution in [3.63, 3.8) is 0 Å². The second kappa shape index (κ2) is 8.83. The number of carboxylic acid groups (broad SMARTS) is 1. The lowest BCUT2D eigenvalue weighted by Gasteiger charge is -2.32. The molecule has 0 fully saturated rings. The molecule has 0 aliphatic heterocycles. The van der Waals surface area contributed by atoms with Crippen molar-refractivity contribution in [2.75, 3.05) is 0 Å². The Morgan fingerprint density at radius 2 is 1.93 bits per heavy atom. The topological polar surface area (TPSA) is 127 Å². The van der Waals surface area contributed by atoms with Crippen molar-refractivity contribution >= 4 is 16.0 Å². The summed E-state index contributed by atoms with van der Waals surface area (Å²) in [6.45, 7) is 5.67. The first kappa shape index (κ1) is 22.0. The van der Waals surface area contributed by atoms with Gasteiger partial charge in [0.15, 0.2) is 0 Å². The average molecular weight is 410 g/mol. The van der Waals surface area contributed by atoms with E-state index in [4.69, 9.17) is 5.11 Å². The summed E-state index contributed by atoms with van der Waals surface area (Å²) in [7, 11) is -3.86. The van der Waals surface area contributed by atoms with Crippen LogP contribution in [0.25, 0.3) is 0 Å². The molecule has 0 heterocycles. The van der Waals surface area contributed by atoms with Gasteiger partial charge in [-0.15, -0.1) is 0 Å². The van der Waals surface area contributed by atoms with E-state index in [0.29, 0.717) is 6.42 Å². The standard InChI is InChI=1S/C19H26N2O6S/c1-12(2)10-17(20-28(26,27)15-7-4-13(3)5-8-15)16-9-6-14(19(22)23)11-18(16)21(24)25/h4-8,12,16-18,20H,9-11H2,1-3H3,(H,22,23)/t16-,17+,18-/m1/s1. The maximum Gasteiger partial charge on any atom is 0.331 e. The quantitative estimate of drug-likeness (QED) is 0.501. The van der Waals surface area contributed by atoms with E-state index in [-0.39, 0.29) is 29.2 Å². The van der Waals surface area contributed by atoms with Crippen LogP contribution in [0, 0.1) is 28.9 Å². The fourth-order valence-corrected chi connectivity index (χ4v) is 4.84. The van der Waals surface area contributed by atoms with E-state index in [1.807, 2.05) is 20.8 Å². The first-order valence-corrected chi connectivity index (χ1v) is 10.6. The van der Waals surface area contributed by atoms with Crippen LogP contribution in [0.5, 0.6) is 0 Å². The normalized spacial score (nSPS) is 21.2. The number of hydrogen-bond acceptors (Lipinski definition) is 5. The van der Waals surface area contributed by atoms with Crippen molar-refractivity contribution in [1.82, 2.24) is 4.72 Å². The van der Waals surface area contributed by atoms with Gasteiger partial charge in [-0.1, -0.05) is 37.6 Å². The van der Waals surface area contributed by atoms with Crippen LogP contribution in [-0.2, 0) is 14.8 Å². The van der Waals surface area contributed by atoms with E-state index in [1.54, 1.807) is 12.1 Å². The van der Waals surface area contributed by atoms with Gasteiger partial charge in [-0.05, 0) is 37.8 Å². The molecular formula is C19H26N2O6S. The SMILES string of the molecule is Cc1ccc(S(=O)(=O)N[C@@H](CC(C)C)[C@H]2CC=C(C(=O)O)C[C@H]2[N+](=O)[O-])cc1. The molecule has 9 heteroatoms. The number of sulfonamides is 1. The number of aryl methyl sites for hydroxylation is 1. The zero-order chi connectivity index (χ0) is 21.1. The van der Waals surface area contributed by atoms with Crippen molar-refractivity contribution in [3.8, 4) is 0 Å². The number of allylic oxidation sites excluding steroid dienone is 1. The third kappa shape index (κ3) is 5.39. The molecule has 1 aromatic rings. The lowest BCUT2D eigenvalue weighted by molar-refractivity contribution is -0.533. The van der Waals surface area contributed by atoms with Crippen LogP contribution >= 0.6 is 0 Å². The summed E-state index contributed by atoms with van der Waals surface area (Å²) in [5, 5.41) is 20.8. The van der Waals surface area contributed by atoms with E-state index in [1.165, 1.54) is 18.2 Å². The van der Waals surface area contributed by atoms with E-state index < -0.39 is 38.9 Å². The summed E-state index contributed by atoms with van der Waals surface area (Å²) in [6, 6.07) is 4.55. The molecular weight excluding hydrogens is 384 g/mol. The van der Waals surface area contributed by atoms with Gasteiger partial charge in [0.2, 0.25) is 16.1 Å². The first-order chi connectivity index (χ1) is 13.0. The number of hydrogen-bond donors (Lipinski definition) is 2. The summed E-state index contributed by atoms with van der Waals surface area (Å²) in [5.74, 6) is -1.70. The summed E-state index contributed by atoms with van der Waals surface area (Å²) in [5.41, 5.74) is 0.923. The van der Waals surface area contributed by atoms with Gasteiger partial charge in [0, 0.05) is 28.9 Å². The summed E-state index contributed by atoms with van der Waals surface area (Å²) >= 11 is 0. The van der Waals surface area contributed by atoms with Crippen LogP contribution in [-0.4, -0.2) is 36.5 Å². The fraction of sp³-hybridized carbons (Fsp3) is 0.526. The number of carboxylic acids is 1. The molecule has 2 N–H and O–H groups in total. The number of carbonyl (C=O) groups is 1. The number of nitrogens with one attached hydrogen (secondary N) is 1. The molecule has 0 spiro atoms. The predicted octanol–water partition coefficient (Wildman–Crippen LogP) is 2.75. The monoisotopic (exact) mass is 410 g/mol. The van der Waals surface area contributed by atoms with Crippen molar-refractivity contribution in [1.29, 1.82) is 0 Å². The van der Waals surface area contributed by atoms with Crippen LogP contribution in [0.15, 0.2) is 40.8 Å². The molecule has 8 nitrogen and oxygen atoms in total. The van der Waals surface area contributed by atoms with Gasteiger partial charge in [-0.25, -0.2) is 17.9 Å². The number of benzene rings is 1. The van der Waals surface area contributed by atoms with Gasteiger partial charge in [0.1, 0.15) is 0 Å². The van der Waals surface area contributed by atoms with Crippen LogP contribution in [0.1, 0.15) is 38.7 Å². The van der Waals surface area contributed by atoms with Crippen molar-refractivity contribution in [3.05, 3.63) is 51.6 Å². The molecule has 0 bridgehead atoms. The minimum atomic E-state index is -3.86. The van der Waals surface area contributed by atoms with Gasteiger partial charge >= 0.3 is 5.97 Å². The zero-order valence-corrected chi connectivity index (χ0v) is 17.0. The predicted molar refractivity (Wildman–Crippen MR) is 104 cm³/mol. The third-order valence-corrected chi connectivity index (χ3v) is 6.49. The van der Waals surface area contributed by atoms with Gasteiger partial charge in [0.25, 0.3) is 0 Å². The maximum absolute atomic E-state index is 12.8. The summed E-state index contributed by atoms with van der Waals surface area (Å²) in [6.07, 6.45) is 1.81. The van der Waals surface area contributed by atoms with Crippen molar-refractivity contribution in [2.24, 2.45) is 11.8 Å². The van der Waals surface area contributed by atoms with Crippen molar-refractivity contribution < 1.29 is 23.2 Å². The van der Waals surface area contributed by atoms with E-state index in [0.717, 1.165) is 5.56 Å². The highest BCUT2D eigenvalue weighted by atomic mass is 32.2. The second-order valence-corrected chi connectivity index (χ2v) is 9.38. The Kier molecular flexibility index (Phi) is 6.95. The molecule has 3 atom stereocenters.